The molecule has 1 fully saturated rings. The smallest absolute Gasteiger partial charge is 0.409 e. The molecule has 1 atom stereocenters. The van der Waals surface area contributed by atoms with Crippen LogP contribution in [0.1, 0.15) is 36.7 Å². The number of hydrogen-bond donors (Lipinski definition) is 2. The summed E-state index contributed by atoms with van der Waals surface area (Å²) >= 11 is 0. The van der Waals surface area contributed by atoms with Crippen LogP contribution in [0, 0.1) is 0 Å². The van der Waals surface area contributed by atoms with Crippen molar-refractivity contribution in [1.29, 1.82) is 0 Å². The molecule has 1 aliphatic heterocycles. The number of carbonyl (C=O) groups is 4. The van der Waals surface area contributed by atoms with E-state index in [0.717, 1.165) is 10.7 Å². The predicted molar refractivity (Wildman–Crippen MR) is 133 cm³/mol. The first-order chi connectivity index (χ1) is 19.0. The van der Waals surface area contributed by atoms with Crippen LogP contribution in [-0.2, 0) is 14.3 Å². The van der Waals surface area contributed by atoms with Gasteiger partial charge >= 0.3 is 18.2 Å². The first-order valence-electron chi connectivity index (χ1n) is 12.6. The lowest BCUT2D eigenvalue weighted by Gasteiger charge is -2.35. The highest BCUT2D eigenvalue weighted by molar-refractivity contribution is 5.96. The number of alkyl halides is 3. The Kier molecular flexibility index (Phi) is 10.3. The summed E-state index contributed by atoms with van der Waals surface area (Å²) in [6.45, 7) is 1.87. The number of halogens is 3. The predicted octanol–water partition coefficient (Wildman–Crippen LogP) is 2.47. The lowest BCUT2D eigenvalue weighted by Crippen LogP contribution is -2.56. The number of piperazine rings is 1. The minimum atomic E-state index is -4.45. The van der Waals surface area contributed by atoms with E-state index in [1.165, 1.54) is 9.80 Å². The first kappa shape index (κ1) is 30.2. The van der Waals surface area contributed by atoms with E-state index in [1.54, 1.807) is 37.3 Å². The molecule has 3 amide bonds. The van der Waals surface area contributed by atoms with E-state index in [4.69, 9.17) is 14.6 Å². The number of nitrogens with one attached hydrogen (secondary N) is 1. The first-order valence-corrected chi connectivity index (χ1v) is 12.6. The number of carboxylic acid groups (broad SMARTS) is 1. The molecule has 1 unspecified atom stereocenters. The number of amides is 3. The summed E-state index contributed by atoms with van der Waals surface area (Å²) in [5.41, 5.74) is 0.174. The normalized spacial score (nSPS) is 14.4. The molecule has 0 radical (unpaired) electrons. The second-order valence-electron chi connectivity index (χ2n) is 8.80. The van der Waals surface area contributed by atoms with Crippen LogP contribution >= 0.6 is 0 Å². The van der Waals surface area contributed by atoms with Crippen molar-refractivity contribution in [1.82, 2.24) is 24.9 Å². The van der Waals surface area contributed by atoms with Gasteiger partial charge in [0.2, 0.25) is 11.8 Å². The minimum Gasteiger partial charge on any atom is -0.481 e. The summed E-state index contributed by atoms with van der Waals surface area (Å²) in [7, 11) is 0. The molecule has 2 N–H and O–H groups in total. The number of para-hydroxylation sites is 1. The molecule has 1 aromatic heterocycles. The van der Waals surface area contributed by atoms with Crippen molar-refractivity contribution in [2.45, 2.75) is 38.4 Å². The maximum Gasteiger partial charge on any atom is 0.409 e. The van der Waals surface area contributed by atoms with Gasteiger partial charge in [-0.05, 0) is 25.5 Å². The van der Waals surface area contributed by atoms with Crippen LogP contribution in [0.4, 0.5) is 18.0 Å². The highest BCUT2D eigenvalue weighted by Crippen LogP contribution is 2.23. The number of rotatable bonds is 11. The largest absolute Gasteiger partial charge is 0.481 e. The molecule has 1 aliphatic rings. The molecule has 3 rings (SSSR count). The Morgan fingerprint density at radius 2 is 1.73 bits per heavy atom. The number of hydrogen-bond acceptors (Lipinski definition) is 7. The van der Waals surface area contributed by atoms with Crippen LogP contribution < -0.4 is 10.1 Å². The van der Waals surface area contributed by atoms with E-state index in [1.807, 2.05) is 0 Å². The summed E-state index contributed by atoms with van der Waals surface area (Å²) in [6.07, 6.45) is -6.80. The van der Waals surface area contributed by atoms with Gasteiger partial charge in [-0.1, -0.05) is 18.2 Å². The van der Waals surface area contributed by atoms with Crippen molar-refractivity contribution in [3.63, 3.8) is 0 Å². The highest BCUT2D eigenvalue weighted by Gasteiger charge is 2.32. The van der Waals surface area contributed by atoms with Crippen LogP contribution in [0.2, 0.25) is 0 Å². The van der Waals surface area contributed by atoms with Gasteiger partial charge < -0.3 is 29.7 Å². The quantitative estimate of drug-likeness (QED) is 0.420. The number of benzene rings is 1. The summed E-state index contributed by atoms with van der Waals surface area (Å²) < 4.78 is 49.3. The summed E-state index contributed by atoms with van der Waals surface area (Å²) in [5, 5.41) is 15.8. The van der Waals surface area contributed by atoms with Crippen molar-refractivity contribution in [2.24, 2.45) is 0 Å². The van der Waals surface area contributed by atoms with Crippen molar-refractivity contribution in [3.05, 3.63) is 42.1 Å². The van der Waals surface area contributed by atoms with Crippen molar-refractivity contribution in [3.8, 4) is 11.6 Å². The lowest BCUT2D eigenvalue weighted by atomic mass is 10.1. The van der Waals surface area contributed by atoms with Gasteiger partial charge in [-0.2, -0.15) is 18.3 Å². The van der Waals surface area contributed by atoms with Gasteiger partial charge in [-0.3, -0.25) is 14.4 Å². The molecule has 1 aromatic carbocycles. The van der Waals surface area contributed by atoms with Crippen LogP contribution in [0.5, 0.6) is 5.88 Å². The zero-order chi connectivity index (χ0) is 29.3. The Morgan fingerprint density at radius 1 is 1.07 bits per heavy atom. The molecular formula is C25H30F3N5O7. The summed E-state index contributed by atoms with van der Waals surface area (Å²) in [4.78, 5) is 52.4. The average Bonchev–Trinajstić information content (AvgIpc) is 3.34. The maximum absolute atomic E-state index is 13.2. The molecule has 2 aromatic rings. The van der Waals surface area contributed by atoms with Gasteiger partial charge in [0.05, 0.1) is 25.3 Å². The van der Waals surface area contributed by atoms with E-state index in [2.05, 4.69) is 10.4 Å². The third-order valence-corrected chi connectivity index (χ3v) is 5.91. The van der Waals surface area contributed by atoms with Gasteiger partial charge in [0.15, 0.2) is 5.69 Å². The molecular weight excluding hydrogens is 539 g/mol. The Labute approximate surface area is 227 Å². The van der Waals surface area contributed by atoms with Crippen LogP contribution in [-0.4, -0.2) is 100 Å². The fourth-order valence-electron chi connectivity index (χ4n) is 3.91. The number of carboxylic acids is 1. The SMILES string of the molecule is CCOC(=O)N1CCN(C(=O)C(CCC(=O)O)NC(=O)c2cc(OCCC(F)(F)F)n(-c3ccccc3)n2)CC1. The van der Waals surface area contributed by atoms with Crippen LogP contribution in [0.3, 0.4) is 0 Å². The Balaban J connectivity index is 1.76. The molecule has 0 bridgehead atoms. The molecule has 218 valence electrons. The number of ether oxygens (including phenoxy) is 2. The van der Waals surface area contributed by atoms with E-state index in [-0.39, 0.29) is 50.8 Å². The molecule has 0 saturated carbocycles. The van der Waals surface area contributed by atoms with E-state index >= 15 is 0 Å². The zero-order valence-electron chi connectivity index (χ0n) is 21.7. The van der Waals surface area contributed by atoms with Gasteiger partial charge in [-0.15, -0.1) is 0 Å². The number of carbonyl (C=O) groups excluding carboxylic acids is 3. The Bertz CT molecular complexity index is 1180. The Morgan fingerprint density at radius 3 is 2.33 bits per heavy atom. The van der Waals surface area contributed by atoms with Gasteiger partial charge in [0.25, 0.3) is 5.91 Å². The van der Waals surface area contributed by atoms with Crippen molar-refractivity contribution < 1.29 is 46.9 Å². The van der Waals surface area contributed by atoms with Crippen molar-refractivity contribution in [2.75, 3.05) is 39.4 Å². The van der Waals surface area contributed by atoms with Gasteiger partial charge in [0.1, 0.15) is 6.04 Å². The maximum atomic E-state index is 13.2. The minimum absolute atomic E-state index is 0.121. The fourth-order valence-corrected chi connectivity index (χ4v) is 3.91. The summed E-state index contributed by atoms with van der Waals surface area (Å²) in [6, 6.07) is 8.19. The lowest BCUT2D eigenvalue weighted by molar-refractivity contribution is -0.140. The molecule has 15 heteroatoms. The second-order valence-corrected chi connectivity index (χ2v) is 8.80. The average molecular weight is 570 g/mol. The fraction of sp³-hybridized carbons (Fsp3) is 0.480. The van der Waals surface area contributed by atoms with E-state index in [0.29, 0.717) is 5.69 Å². The summed E-state index contributed by atoms with van der Waals surface area (Å²) in [5.74, 6) is -2.68. The monoisotopic (exact) mass is 569 g/mol. The topological polar surface area (TPSA) is 143 Å². The standard InChI is InChI=1S/C25H30F3N5O7/c1-2-39-24(38)32-13-11-31(12-14-32)23(37)18(8-9-21(34)35)29-22(36)19-16-20(40-15-10-25(26,27)28)33(30-19)17-6-4-3-5-7-17/h3-7,16,18H,2,8-15H2,1H3,(H,29,36)(H,34,35). The van der Waals surface area contributed by atoms with E-state index < -0.39 is 55.5 Å². The molecule has 2 heterocycles. The van der Waals surface area contributed by atoms with Gasteiger partial charge in [0, 0.05) is 38.7 Å². The zero-order valence-corrected chi connectivity index (χ0v) is 21.7. The van der Waals surface area contributed by atoms with Gasteiger partial charge in [-0.25, -0.2) is 9.48 Å². The molecule has 0 aliphatic carbocycles. The van der Waals surface area contributed by atoms with Crippen LogP contribution in [0.25, 0.3) is 5.69 Å². The van der Waals surface area contributed by atoms with Crippen molar-refractivity contribution >= 4 is 23.9 Å². The van der Waals surface area contributed by atoms with E-state index in [9.17, 15) is 32.3 Å². The molecule has 1 saturated heterocycles. The third-order valence-electron chi connectivity index (χ3n) is 5.91. The number of nitrogens with zero attached hydrogens (tertiary/aromatic N) is 4. The number of aliphatic carboxylic acids is 1. The molecule has 40 heavy (non-hydrogen) atoms. The number of aromatic nitrogens is 2. The third kappa shape index (κ3) is 8.61. The Hall–Kier alpha value is -4.30. The molecule has 12 nitrogen and oxygen atoms in total. The van der Waals surface area contributed by atoms with Crippen LogP contribution in [0.15, 0.2) is 36.4 Å². The highest BCUT2D eigenvalue weighted by atomic mass is 19.4. The second kappa shape index (κ2) is 13.7. The molecule has 0 spiro atoms.